The van der Waals surface area contributed by atoms with E-state index >= 15 is 0 Å². The fourth-order valence-corrected chi connectivity index (χ4v) is 1.64. The van der Waals surface area contributed by atoms with Crippen molar-refractivity contribution in [3.8, 4) is 5.75 Å². The maximum absolute atomic E-state index is 13.2. The molecule has 7 nitrogen and oxygen atoms in total. The van der Waals surface area contributed by atoms with E-state index in [1.807, 2.05) is 7.05 Å². The number of hydrogen-bond donors (Lipinski definition) is 1. The van der Waals surface area contributed by atoms with Crippen LogP contribution in [0.1, 0.15) is 16.1 Å². The summed E-state index contributed by atoms with van der Waals surface area (Å²) < 4.78 is 17.8. The number of likely N-dealkylation sites (N-methyl/N-ethyl adjacent to an activating group) is 1. The van der Waals surface area contributed by atoms with Gasteiger partial charge >= 0.3 is 5.97 Å². The van der Waals surface area contributed by atoms with Crippen LogP contribution in [0.25, 0.3) is 0 Å². The van der Waals surface area contributed by atoms with Crippen molar-refractivity contribution in [2.45, 2.75) is 6.42 Å². The van der Waals surface area contributed by atoms with Crippen LogP contribution in [-0.2, 0) is 11.2 Å². The van der Waals surface area contributed by atoms with Crippen LogP contribution in [0.3, 0.4) is 0 Å². The molecule has 0 aliphatic carbocycles. The topological polar surface area (TPSA) is 78.3 Å². The van der Waals surface area contributed by atoms with Crippen LogP contribution >= 0.6 is 0 Å². The van der Waals surface area contributed by atoms with Crippen molar-refractivity contribution in [1.82, 2.24) is 20.5 Å². The molecule has 1 aromatic heterocycles. The molecule has 21 heavy (non-hydrogen) atoms. The number of benzene rings is 1. The lowest BCUT2D eigenvalue weighted by atomic mass is 10.2. The lowest BCUT2D eigenvalue weighted by molar-refractivity contribution is 0.0589. The second-order valence-electron chi connectivity index (χ2n) is 4.19. The average Bonchev–Trinajstić information content (AvgIpc) is 2.93. The Kier molecular flexibility index (Phi) is 4.83. The zero-order valence-electron chi connectivity index (χ0n) is 11.7. The molecule has 0 spiro atoms. The van der Waals surface area contributed by atoms with Crippen LogP contribution in [0.2, 0.25) is 0 Å². The van der Waals surface area contributed by atoms with E-state index in [-0.39, 0.29) is 11.3 Å². The molecule has 8 heteroatoms. The molecule has 1 N–H and O–H groups in total. The fourth-order valence-electron chi connectivity index (χ4n) is 1.64. The molecule has 0 bridgehead atoms. The zero-order valence-corrected chi connectivity index (χ0v) is 11.7. The monoisotopic (exact) mass is 294 g/mol. The number of methoxy groups -OCH3 is 1. The molecular weight excluding hydrogens is 279 g/mol. The summed E-state index contributed by atoms with van der Waals surface area (Å²) in [5, 5.41) is 10.7. The number of aromatic nitrogens is 3. The van der Waals surface area contributed by atoms with Crippen LogP contribution in [0.5, 0.6) is 5.75 Å². The number of carbonyl (C=O) groups excluding carboxylic acids is 1. The van der Waals surface area contributed by atoms with Gasteiger partial charge < -0.3 is 14.9 Å². The van der Waals surface area contributed by atoms with Crippen molar-refractivity contribution < 1.29 is 18.8 Å². The molecule has 0 aliphatic rings. The van der Waals surface area contributed by atoms with Crippen molar-refractivity contribution in [2.75, 3.05) is 20.7 Å². The maximum atomic E-state index is 13.2. The Balaban J connectivity index is 2.19. The largest absolute Gasteiger partial charge is 0.465 e. The summed E-state index contributed by atoms with van der Waals surface area (Å²) in [6, 6.07) is 3.55. The molecule has 2 rings (SSSR count). The lowest BCUT2D eigenvalue weighted by Crippen LogP contribution is -2.11. The minimum absolute atomic E-state index is 0.0234. The van der Waals surface area contributed by atoms with E-state index in [0.717, 1.165) is 23.2 Å². The van der Waals surface area contributed by atoms with Gasteiger partial charge in [-0.2, -0.15) is 0 Å². The highest BCUT2D eigenvalue weighted by molar-refractivity contribution is 5.92. The van der Waals surface area contributed by atoms with Crippen LogP contribution in [-0.4, -0.2) is 41.8 Å². The van der Waals surface area contributed by atoms with E-state index in [4.69, 9.17) is 4.84 Å². The van der Waals surface area contributed by atoms with Gasteiger partial charge in [0.15, 0.2) is 5.75 Å². The fraction of sp³-hybridized carbons (Fsp3) is 0.308. The standard InChI is InChI=1S/C13H15FN4O3/c1-15-6-5-10-8-18(17-16-10)21-12-4-3-9(14)7-11(12)13(19)20-2/h3-4,7-8,15H,5-6H2,1-2H3. The van der Waals surface area contributed by atoms with Gasteiger partial charge in [-0.3, -0.25) is 0 Å². The van der Waals surface area contributed by atoms with E-state index in [0.29, 0.717) is 6.42 Å². The Morgan fingerprint density at radius 3 is 3.00 bits per heavy atom. The summed E-state index contributed by atoms with van der Waals surface area (Å²) in [7, 11) is 3.05. The first-order valence-corrected chi connectivity index (χ1v) is 6.26. The second-order valence-corrected chi connectivity index (χ2v) is 4.19. The highest BCUT2D eigenvalue weighted by atomic mass is 19.1. The van der Waals surface area contributed by atoms with Crippen molar-refractivity contribution in [1.29, 1.82) is 0 Å². The molecule has 0 aliphatic heterocycles. The number of carbonyl (C=O) groups is 1. The van der Waals surface area contributed by atoms with Gasteiger partial charge in [0.1, 0.15) is 11.4 Å². The van der Waals surface area contributed by atoms with Crippen LogP contribution in [0.15, 0.2) is 24.4 Å². The minimum Gasteiger partial charge on any atom is -0.465 e. The molecule has 112 valence electrons. The molecule has 2 aromatic rings. The molecule has 0 saturated carbocycles. The van der Waals surface area contributed by atoms with E-state index in [1.54, 1.807) is 6.20 Å². The number of halogens is 1. The van der Waals surface area contributed by atoms with E-state index in [1.165, 1.54) is 19.2 Å². The first kappa shape index (κ1) is 14.9. The number of ether oxygens (including phenoxy) is 1. The second kappa shape index (κ2) is 6.80. The van der Waals surface area contributed by atoms with Gasteiger partial charge in [0, 0.05) is 13.0 Å². The van der Waals surface area contributed by atoms with Crippen molar-refractivity contribution in [3.05, 3.63) is 41.5 Å². The number of rotatable bonds is 6. The Labute approximate surface area is 120 Å². The predicted octanol–water partition coefficient (Wildman–Crippen LogP) is 0.808. The molecule has 1 heterocycles. The first-order chi connectivity index (χ1) is 10.1. The molecule has 0 unspecified atom stereocenters. The van der Waals surface area contributed by atoms with Gasteiger partial charge in [-0.15, -0.1) is 5.10 Å². The third kappa shape index (κ3) is 3.76. The summed E-state index contributed by atoms with van der Waals surface area (Å²) in [4.78, 5) is 18.1. The number of hydrogen-bond acceptors (Lipinski definition) is 6. The Morgan fingerprint density at radius 1 is 1.48 bits per heavy atom. The van der Waals surface area contributed by atoms with Gasteiger partial charge in [0.25, 0.3) is 0 Å². The van der Waals surface area contributed by atoms with Gasteiger partial charge in [-0.25, -0.2) is 9.18 Å². The molecule has 0 fully saturated rings. The smallest absolute Gasteiger partial charge is 0.341 e. The summed E-state index contributed by atoms with van der Waals surface area (Å²) in [5.74, 6) is -1.12. The van der Waals surface area contributed by atoms with Crippen molar-refractivity contribution in [2.24, 2.45) is 0 Å². The van der Waals surface area contributed by atoms with Gasteiger partial charge in [-0.1, -0.05) is 4.85 Å². The molecule has 0 atom stereocenters. The van der Waals surface area contributed by atoms with Gasteiger partial charge in [-0.05, 0) is 30.5 Å². The van der Waals surface area contributed by atoms with E-state index in [2.05, 4.69) is 20.4 Å². The predicted molar refractivity (Wildman–Crippen MR) is 71.4 cm³/mol. The number of esters is 1. The normalized spacial score (nSPS) is 10.4. The van der Waals surface area contributed by atoms with Crippen LogP contribution in [0, 0.1) is 5.82 Å². The quantitative estimate of drug-likeness (QED) is 0.794. The zero-order chi connectivity index (χ0) is 15.2. The third-order valence-electron chi connectivity index (χ3n) is 2.69. The molecule has 1 aromatic carbocycles. The van der Waals surface area contributed by atoms with Crippen LogP contribution in [0.4, 0.5) is 4.39 Å². The summed E-state index contributed by atoms with van der Waals surface area (Å²) in [6.45, 7) is 0.753. The summed E-state index contributed by atoms with van der Waals surface area (Å²) in [6.07, 6.45) is 2.27. The van der Waals surface area contributed by atoms with Crippen molar-refractivity contribution in [3.63, 3.8) is 0 Å². The molecule has 0 saturated heterocycles. The van der Waals surface area contributed by atoms with Crippen molar-refractivity contribution >= 4 is 5.97 Å². The maximum Gasteiger partial charge on any atom is 0.341 e. The number of nitrogens with zero attached hydrogens (tertiary/aromatic N) is 3. The van der Waals surface area contributed by atoms with Gasteiger partial charge in [0.2, 0.25) is 0 Å². The molecular formula is C13H15FN4O3. The van der Waals surface area contributed by atoms with E-state index in [9.17, 15) is 9.18 Å². The molecule has 0 amide bonds. The third-order valence-corrected chi connectivity index (χ3v) is 2.69. The highest BCUT2D eigenvalue weighted by Crippen LogP contribution is 2.21. The summed E-state index contributed by atoms with van der Waals surface area (Å²) >= 11 is 0. The average molecular weight is 294 g/mol. The minimum atomic E-state index is -0.694. The number of nitrogens with one attached hydrogen (secondary N) is 1. The Hall–Kier alpha value is -2.48. The first-order valence-electron chi connectivity index (χ1n) is 6.26. The summed E-state index contributed by atoms with van der Waals surface area (Å²) in [5.41, 5.74) is 0.704. The Bertz CT molecular complexity index is 630. The van der Waals surface area contributed by atoms with Gasteiger partial charge in [0.05, 0.1) is 19.0 Å². The Morgan fingerprint density at radius 2 is 2.29 bits per heavy atom. The highest BCUT2D eigenvalue weighted by Gasteiger charge is 2.16. The van der Waals surface area contributed by atoms with E-state index < -0.39 is 11.8 Å². The SMILES string of the molecule is CNCCc1cn(Oc2ccc(F)cc2C(=O)OC)nn1. The lowest BCUT2D eigenvalue weighted by Gasteiger charge is -2.08. The van der Waals surface area contributed by atoms with Crippen LogP contribution < -0.4 is 10.2 Å². The molecule has 0 radical (unpaired) electrons.